The van der Waals surface area contributed by atoms with Crippen molar-refractivity contribution >= 4 is 32.4 Å². The van der Waals surface area contributed by atoms with E-state index in [1.807, 2.05) is 60.7 Å². The molecule has 1 N–H and O–H groups in total. The third-order valence-corrected chi connectivity index (χ3v) is 9.27. The van der Waals surface area contributed by atoms with E-state index in [1.54, 1.807) is 23.5 Å². The number of sulfonamides is 1. The molecule has 1 aliphatic rings. The first-order valence-corrected chi connectivity index (χ1v) is 14.7. The molecule has 1 saturated heterocycles. The Hall–Kier alpha value is -3.53. The van der Waals surface area contributed by atoms with Crippen LogP contribution in [-0.4, -0.2) is 60.9 Å². The van der Waals surface area contributed by atoms with Crippen molar-refractivity contribution in [3.05, 3.63) is 84.2 Å². The highest BCUT2D eigenvalue weighted by Crippen LogP contribution is 2.32. The topological polar surface area (TPSA) is 87.7 Å². The third kappa shape index (κ3) is 5.61. The van der Waals surface area contributed by atoms with Crippen molar-refractivity contribution in [2.24, 2.45) is 0 Å². The first-order valence-electron chi connectivity index (χ1n) is 13.3. The maximum Gasteiger partial charge on any atom is 0.243 e. The summed E-state index contributed by atoms with van der Waals surface area (Å²) in [4.78, 5) is 12.4. The molecule has 1 aromatic heterocycles. The monoisotopic (exact) mass is 545 g/mol. The van der Waals surface area contributed by atoms with Crippen molar-refractivity contribution < 1.29 is 13.2 Å². The van der Waals surface area contributed by atoms with Crippen molar-refractivity contribution in [1.29, 1.82) is 0 Å². The van der Waals surface area contributed by atoms with Crippen molar-refractivity contribution in [2.45, 2.75) is 37.6 Å². The standard InChI is InChI=1S/C30H35N5O3S/c1-21(2)23-13-15-24(16-14-23)39(36,37)35-19-17-34(18-20-35)22(3)29-31-26-10-6-5-9-25(26)30(33-29)32-27-11-7-8-12-28(27)38-4/h5-16,21-22H,17-20H2,1-4H3,(H,31,32,33). The SMILES string of the molecule is COc1ccccc1Nc1nc(C(C)N2CCN(S(=O)(=O)c3ccc(C(C)C)cc3)CC2)nc2ccccc12. The van der Waals surface area contributed by atoms with E-state index < -0.39 is 10.0 Å². The predicted molar refractivity (Wildman–Crippen MR) is 155 cm³/mol. The summed E-state index contributed by atoms with van der Waals surface area (Å²) in [5.74, 6) is 2.48. The van der Waals surface area contributed by atoms with Crippen LogP contribution in [0.3, 0.4) is 0 Å². The Bertz CT molecular complexity index is 1550. The van der Waals surface area contributed by atoms with Crippen LogP contribution in [0.25, 0.3) is 10.9 Å². The number of ether oxygens (including phenoxy) is 1. The molecule has 0 saturated carbocycles. The van der Waals surface area contributed by atoms with Crippen LogP contribution in [-0.2, 0) is 10.0 Å². The second-order valence-electron chi connectivity index (χ2n) is 10.1. The van der Waals surface area contributed by atoms with E-state index in [4.69, 9.17) is 14.7 Å². The summed E-state index contributed by atoms with van der Waals surface area (Å²) in [5, 5.41) is 4.35. The number of rotatable bonds is 8. The van der Waals surface area contributed by atoms with Gasteiger partial charge in [-0.2, -0.15) is 4.31 Å². The van der Waals surface area contributed by atoms with Gasteiger partial charge in [0.25, 0.3) is 0 Å². The second-order valence-corrected chi connectivity index (χ2v) is 12.1. The van der Waals surface area contributed by atoms with Crippen LogP contribution in [0, 0.1) is 0 Å². The van der Waals surface area contributed by atoms with E-state index in [-0.39, 0.29) is 6.04 Å². The summed E-state index contributed by atoms with van der Waals surface area (Å²) in [6.45, 7) is 8.29. The molecule has 9 heteroatoms. The lowest BCUT2D eigenvalue weighted by atomic mass is 10.0. The molecule has 0 spiro atoms. The molecule has 4 aromatic rings. The molecule has 1 unspecified atom stereocenters. The van der Waals surface area contributed by atoms with Gasteiger partial charge < -0.3 is 10.1 Å². The molecule has 1 atom stereocenters. The van der Waals surface area contributed by atoms with Gasteiger partial charge in [-0.15, -0.1) is 0 Å². The largest absolute Gasteiger partial charge is 0.495 e. The quantitative estimate of drug-likeness (QED) is 0.310. The van der Waals surface area contributed by atoms with Gasteiger partial charge in [-0.25, -0.2) is 18.4 Å². The summed E-state index contributed by atoms with van der Waals surface area (Å²) in [5.41, 5.74) is 2.79. The smallest absolute Gasteiger partial charge is 0.243 e. The molecule has 3 aromatic carbocycles. The Kier molecular flexibility index (Phi) is 7.83. The third-order valence-electron chi connectivity index (χ3n) is 7.36. The number of benzene rings is 3. The number of anilines is 2. The first kappa shape index (κ1) is 27.1. The fourth-order valence-electron chi connectivity index (χ4n) is 4.92. The molecule has 0 radical (unpaired) electrons. The number of nitrogens with zero attached hydrogens (tertiary/aromatic N) is 4. The van der Waals surface area contributed by atoms with Crippen molar-refractivity contribution in [1.82, 2.24) is 19.2 Å². The highest BCUT2D eigenvalue weighted by Gasteiger charge is 2.31. The van der Waals surface area contributed by atoms with Gasteiger partial charge >= 0.3 is 0 Å². The molecule has 0 aliphatic carbocycles. The number of nitrogens with one attached hydrogen (secondary N) is 1. The lowest BCUT2D eigenvalue weighted by Gasteiger charge is -2.37. The first-order chi connectivity index (χ1) is 18.8. The lowest BCUT2D eigenvalue weighted by molar-refractivity contribution is 0.141. The Morgan fingerprint density at radius 3 is 2.21 bits per heavy atom. The number of methoxy groups -OCH3 is 1. The summed E-state index contributed by atoms with van der Waals surface area (Å²) >= 11 is 0. The molecule has 0 amide bonds. The highest BCUT2D eigenvalue weighted by molar-refractivity contribution is 7.89. The maximum absolute atomic E-state index is 13.3. The Labute approximate surface area is 230 Å². The Balaban J connectivity index is 1.35. The van der Waals surface area contributed by atoms with Crippen molar-refractivity contribution in [2.75, 3.05) is 38.6 Å². The van der Waals surface area contributed by atoms with Crippen molar-refractivity contribution in [3.8, 4) is 5.75 Å². The zero-order valence-corrected chi connectivity index (χ0v) is 23.6. The molecular weight excluding hydrogens is 510 g/mol. The van der Waals surface area contributed by atoms with E-state index in [9.17, 15) is 8.42 Å². The van der Waals surface area contributed by atoms with Crippen LogP contribution >= 0.6 is 0 Å². The number of fused-ring (bicyclic) bond motifs is 1. The van der Waals surface area contributed by atoms with E-state index in [0.29, 0.717) is 48.6 Å². The molecule has 1 fully saturated rings. The van der Waals surface area contributed by atoms with Crippen molar-refractivity contribution in [3.63, 3.8) is 0 Å². The van der Waals surface area contributed by atoms with Crippen LogP contribution < -0.4 is 10.1 Å². The predicted octanol–water partition coefficient (Wildman–Crippen LogP) is 5.57. The zero-order valence-electron chi connectivity index (χ0n) is 22.8. The molecule has 0 bridgehead atoms. The highest BCUT2D eigenvalue weighted by atomic mass is 32.2. The average Bonchev–Trinajstić information content (AvgIpc) is 2.97. The summed E-state index contributed by atoms with van der Waals surface area (Å²) < 4.78 is 33.7. The van der Waals surface area contributed by atoms with Crippen LogP contribution in [0.4, 0.5) is 11.5 Å². The fraction of sp³-hybridized carbons (Fsp3) is 0.333. The van der Waals surface area contributed by atoms with E-state index in [0.717, 1.165) is 27.9 Å². The van der Waals surface area contributed by atoms with Crippen LogP contribution in [0.2, 0.25) is 0 Å². The molecule has 39 heavy (non-hydrogen) atoms. The number of hydrogen-bond acceptors (Lipinski definition) is 7. The summed E-state index contributed by atoms with van der Waals surface area (Å²) in [6.07, 6.45) is 0. The average molecular weight is 546 g/mol. The van der Waals surface area contributed by atoms with Gasteiger partial charge in [0.1, 0.15) is 17.4 Å². The van der Waals surface area contributed by atoms with Crippen LogP contribution in [0.5, 0.6) is 5.75 Å². The molecule has 8 nitrogen and oxygen atoms in total. The Morgan fingerprint density at radius 1 is 0.846 bits per heavy atom. The minimum absolute atomic E-state index is 0.0944. The van der Waals surface area contributed by atoms with E-state index >= 15 is 0 Å². The van der Waals surface area contributed by atoms with Gasteiger partial charge in [-0.1, -0.05) is 50.2 Å². The zero-order chi connectivity index (χ0) is 27.6. The van der Waals surface area contributed by atoms with E-state index in [1.165, 1.54) is 0 Å². The minimum Gasteiger partial charge on any atom is -0.495 e. The van der Waals surface area contributed by atoms with Gasteiger partial charge in [0.2, 0.25) is 10.0 Å². The van der Waals surface area contributed by atoms with Crippen LogP contribution in [0.15, 0.2) is 77.7 Å². The van der Waals surface area contributed by atoms with Gasteiger partial charge in [0.15, 0.2) is 0 Å². The lowest BCUT2D eigenvalue weighted by Crippen LogP contribution is -2.49. The molecule has 1 aliphatic heterocycles. The van der Waals surface area contributed by atoms with Crippen LogP contribution in [0.1, 0.15) is 44.1 Å². The number of para-hydroxylation sites is 3. The number of aromatic nitrogens is 2. The van der Waals surface area contributed by atoms with Gasteiger partial charge in [0.05, 0.1) is 29.3 Å². The Morgan fingerprint density at radius 2 is 1.51 bits per heavy atom. The summed E-state index contributed by atoms with van der Waals surface area (Å²) in [7, 11) is -1.90. The van der Waals surface area contributed by atoms with E-state index in [2.05, 4.69) is 31.0 Å². The summed E-state index contributed by atoms with van der Waals surface area (Å²) in [6, 6.07) is 22.8. The fourth-order valence-corrected chi connectivity index (χ4v) is 6.34. The molecular formula is C30H35N5O3S. The number of piperazine rings is 1. The molecule has 5 rings (SSSR count). The van der Waals surface area contributed by atoms with Gasteiger partial charge in [-0.05, 0) is 54.8 Å². The molecule has 2 heterocycles. The van der Waals surface area contributed by atoms with Gasteiger partial charge in [-0.3, -0.25) is 4.90 Å². The normalized spacial score (nSPS) is 15.9. The maximum atomic E-state index is 13.3. The van der Waals surface area contributed by atoms with Gasteiger partial charge in [0, 0.05) is 31.6 Å². The second kappa shape index (κ2) is 11.3. The number of hydrogen-bond donors (Lipinski definition) is 1. The molecule has 204 valence electrons. The minimum atomic E-state index is -3.54.